The first-order valence-corrected chi connectivity index (χ1v) is 14.1. The molecule has 2 aromatic carbocycles. The predicted molar refractivity (Wildman–Crippen MR) is 156 cm³/mol. The highest BCUT2D eigenvalue weighted by molar-refractivity contribution is 5.16. The van der Waals surface area contributed by atoms with Crippen LogP contribution in [-0.4, -0.2) is 17.4 Å². The Labute approximate surface area is 222 Å². The Bertz CT molecular complexity index is 817. The molecule has 0 saturated carbocycles. The third-order valence-corrected chi connectivity index (χ3v) is 7.57. The van der Waals surface area contributed by atoms with Crippen molar-refractivity contribution >= 4 is 0 Å². The van der Waals surface area contributed by atoms with Crippen LogP contribution in [0.3, 0.4) is 0 Å². The summed E-state index contributed by atoms with van der Waals surface area (Å²) in [5.74, 6) is 1.07. The molecule has 0 fully saturated rings. The van der Waals surface area contributed by atoms with Gasteiger partial charge in [0.15, 0.2) is 0 Å². The summed E-state index contributed by atoms with van der Waals surface area (Å²) in [6.07, 6.45) is 7.21. The lowest BCUT2D eigenvalue weighted by atomic mass is 9.72. The van der Waals surface area contributed by atoms with E-state index in [2.05, 4.69) is 96.1 Å². The van der Waals surface area contributed by atoms with Crippen molar-refractivity contribution in [3.8, 4) is 0 Å². The molecule has 0 aliphatic heterocycles. The molecule has 0 heterocycles. The number of hydrogen-bond acceptors (Lipinski definition) is 3. The smallest absolute Gasteiger partial charge is 0.0554 e. The number of aliphatic hydroxyl groups is 1. The van der Waals surface area contributed by atoms with Crippen LogP contribution >= 0.6 is 0 Å². The lowest BCUT2D eigenvalue weighted by molar-refractivity contribution is 0.0854. The summed E-state index contributed by atoms with van der Waals surface area (Å²) < 4.78 is 0. The van der Waals surface area contributed by atoms with E-state index in [0.717, 1.165) is 19.3 Å². The van der Waals surface area contributed by atoms with Crippen LogP contribution in [0, 0.1) is 28.6 Å². The van der Waals surface area contributed by atoms with Crippen molar-refractivity contribution in [2.24, 2.45) is 40.1 Å². The van der Waals surface area contributed by atoms with Gasteiger partial charge in [-0.1, -0.05) is 102 Å². The van der Waals surface area contributed by atoms with E-state index < -0.39 is 12.3 Å². The van der Waals surface area contributed by atoms with Gasteiger partial charge in [0.25, 0.3) is 0 Å². The number of nitrogens with two attached hydrogens (primary N) is 2. The topological polar surface area (TPSA) is 72.3 Å². The summed E-state index contributed by atoms with van der Waals surface area (Å²) in [6, 6.07) is 21.2. The highest BCUT2D eigenvalue weighted by Crippen LogP contribution is 2.37. The molecule has 0 aromatic heterocycles. The average molecular weight is 495 g/mol. The minimum absolute atomic E-state index is 0.0578. The van der Waals surface area contributed by atoms with Crippen LogP contribution in [0.25, 0.3) is 0 Å². The summed E-state index contributed by atoms with van der Waals surface area (Å²) in [5, 5.41) is 11.4. The molecule has 36 heavy (non-hydrogen) atoms. The van der Waals surface area contributed by atoms with Gasteiger partial charge in [-0.15, -0.1) is 0 Å². The second kappa shape index (κ2) is 14.3. The highest BCUT2D eigenvalue weighted by Gasteiger charge is 2.29. The predicted octanol–water partition coefficient (Wildman–Crippen LogP) is 7.36. The normalized spacial score (nSPS) is 15.3. The SMILES string of the molecule is CC(C)(C)CCC(CCC(C)(C)C)C(Cc1ccccc1)CC(O)CC(Cc1ccccc1)C(N)N. The van der Waals surface area contributed by atoms with Gasteiger partial charge in [0, 0.05) is 0 Å². The zero-order valence-electron chi connectivity index (χ0n) is 23.9. The molecule has 3 unspecified atom stereocenters. The monoisotopic (exact) mass is 494 g/mol. The first kappa shape index (κ1) is 30.5. The van der Waals surface area contributed by atoms with Crippen molar-refractivity contribution in [1.29, 1.82) is 0 Å². The molecule has 0 bridgehead atoms. The summed E-state index contributed by atoms with van der Waals surface area (Å²) in [7, 11) is 0. The first-order valence-electron chi connectivity index (χ1n) is 14.1. The molecule has 0 spiro atoms. The van der Waals surface area contributed by atoms with Crippen LogP contribution in [0.2, 0.25) is 0 Å². The van der Waals surface area contributed by atoms with Crippen molar-refractivity contribution in [2.45, 2.75) is 105 Å². The summed E-state index contributed by atoms with van der Waals surface area (Å²) in [5.41, 5.74) is 15.6. The first-order chi connectivity index (χ1) is 16.8. The second-order valence-corrected chi connectivity index (χ2v) is 13.6. The van der Waals surface area contributed by atoms with E-state index in [0.29, 0.717) is 29.1 Å². The van der Waals surface area contributed by atoms with Gasteiger partial charge in [-0.05, 0) is 91.1 Å². The third-order valence-electron chi connectivity index (χ3n) is 7.57. The summed E-state index contributed by atoms with van der Waals surface area (Å²) in [4.78, 5) is 0. The van der Waals surface area contributed by atoms with E-state index in [4.69, 9.17) is 11.5 Å². The second-order valence-electron chi connectivity index (χ2n) is 13.6. The maximum absolute atomic E-state index is 11.4. The van der Waals surface area contributed by atoms with Gasteiger partial charge >= 0.3 is 0 Å². The Morgan fingerprint density at radius 1 is 0.611 bits per heavy atom. The van der Waals surface area contributed by atoms with E-state index in [1.54, 1.807) is 0 Å². The minimum atomic E-state index is -0.440. The fourth-order valence-electron chi connectivity index (χ4n) is 5.30. The van der Waals surface area contributed by atoms with E-state index in [9.17, 15) is 5.11 Å². The van der Waals surface area contributed by atoms with Gasteiger partial charge in [0.2, 0.25) is 0 Å². The number of hydrogen-bond donors (Lipinski definition) is 3. The van der Waals surface area contributed by atoms with Crippen LogP contribution in [0.5, 0.6) is 0 Å². The molecule has 0 aliphatic rings. The third kappa shape index (κ3) is 12.5. The summed E-state index contributed by atoms with van der Waals surface area (Å²) in [6.45, 7) is 14.0. The standard InChI is InChI=1S/C33H54N2O/c1-32(2,3)19-17-27(18-20-33(4,5)6)28(21-25-13-9-7-10-14-25)23-30(36)24-29(31(34)35)22-26-15-11-8-12-16-26/h7-16,27-31,36H,17-24,34-35H2,1-6H3. The molecule has 0 radical (unpaired) electrons. The fourth-order valence-corrected chi connectivity index (χ4v) is 5.30. The van der Waals surface area contributed by atoms with Crippen LogP contribution in [0.1, 0.15) is 91.2 Å². The molecule has 0 saturated heterocycles. The van der Waals surface area contributed by atoms with E-state index in [1.807, 2.05) is 6.07 Å². The van der Waals surface area contributed by atoms with Crippen LogP contribution in [0.15, 0.2) is 60.7 Å². The number of rotatable bonds is 14. The molecule has 202 valence electrons. The average Bonchev–Trinajstić information content (AvgIpc) is 2.78. The zero-order chi connectivity index (χ0) is 26.8. The van der Waals surface area contributed by atoms with E-state index in [1.165, 1.54) is 36.8 Å². The Hall–Kier alpha value is -1.68. The molecule has 5 N–H and O–H groups in total. The number of benzene rings is 2. The van der Waals surface area contributed by atoms with Crippen molar-refractivity contribution in [3.05, 3.63) is 71.8 Å². The minimum Gasteiger partial charge on any atom is -0.393 e. The Morgan fingerprint density at radius 3 is 1.39 bits per heavy atom. The van der Waals surface area contributed by atoms with Gasteiger partial charge in [0.1, 0.15) is 0 Å². The van der Waals surface area contributed by atoms with Crippen LogP contribution < -0.4 is 11.5 Å². The molecule has 2 aromatic rings. The van der Waals surface area contributed by atoms with Crippen molar-refractivity contribution in [1.82, 2.24) is 0 Å². The highest BCUT2D eigenvalue weighted by atomic mass is 16.3. The van der Waals surface area contributed by atoms with E-state index >= 15 is 0 Å². The lowest BCUT2D eigenvalue weighted by Gasteiger charge is -2.34. The van der Waals surface area contributed by atoms with Gasteiger partial charge in [-0.3, -0.25) is 0 Å². The maximum atomic E-state index is 11.4. The molecule has 3 atom stereocenters. The lowest BCUT2D eigenvalue weighted by Crippen LogP contribution is -2.41. The van der Waals surface area contributed by atoms with Crippen LogP contribution in [0.4, 0.5) is 0 Å². The molecule has 3 nitrogen and oxygen atoms in total. The molecular weight excluding hydrogens is 440 g/mol. The van der Waals surface area contributed by atoms with Gasteiger partial charge in [-0.2, -0.15) is 0 Å². The van der Waals surface area contributed by atoms with Crippen LogP contribution in [-0.2, 0) is 12.8 Å². The molecule has 2 rings (SSSR count). The molecule has 3 heteroatoms. The van der Waals surface area contributed by atoms with Gasteiger partial charge in [0.05, 0.1) is 12.3 Å². The zero-order valence-corrected chi connectivity index (χ0v) is 23.9. The quantitative estimate of drug-likeness (QED) is 0.240. The summed E-state index contributed by atoms with van der Waals surface area (Å²) >= 11 is 0. The number of aliphatic hydroxyl groups excluding tert-OH is 1. The van der Waals surface area contributed by atoms with Crippen molar-refractivity contribution < 1.29 is 5.11 Å². The Kier molecular flexibility index (Phi) is 12.1. The van der Waals surface area contributed by atoms with Crippen molar-refractivity contribution in [2.75, 3.05) is 0 Å². The van der Waals surface area contributed by atoms with Gasteiger partial charge in [-0.25, -0.2) is 0 Å². The van der Waals surface area contributed by atoms with Crippen molar-refractivity contribution in [3.63, 3.8) is 0 Å². The van der Waals surface area contributed by atoms with E-state index in [-0.39, 0.29) is 5.92 Å². The Morgan fingerprint density at radius 2 is 1.00 bits per heavy atom. The fraction of sp³-hybridized carbons (Fsp3) is 0.636. The largest absolute Gasteiger partial charge is 0.393 e. The molecule has 0 aliphatic carbocycles. The van der Waals surface area contributed by atoms with Gasteiger partial charge < -0.3 is 16.6 Å². The molecular formula is C33H54N2O. The molecule has 0 amide bonds. The maximum Gasteiger partial charge on any atom is 0.0554 e. The Balaban J connectivity index is 2.20.